The van der Waals surface area contributed by atoms with Gasteiger partial charge in [0, 0.05) is 41.9 Å². The third-order valence-electron chi connectivity index (χ3n) is 7.16. The van der Waals surface area contributed by atoms with Gasteiger partial charge in [-0.1, -0.05) is 33.8 Å². The predicted octanol–water partition coefficient (Wildman–Crippen LogP) is 3.50. The molecule has 4 rings (SSSR count). The van der Waals surface area contributed by atoms with Gasteiger partial charge in [0.05, 0.1) is 17.5 Å². The van der Waals surface area contributed by atoms with Gasteiger partial charge < -0.3 is 10.6 Å². The highest BCUT2D eigenvalue weighted by molar-refractivity contribution is 7.90. The summed E-state index contributed by atoms with van der Waals surface area (Å²) in [6, 6.07) is 5.98. The van der Waals surface area contributed by atoms with Crippen LogP contribution in [-0.2, 0) is 22.5 Å². The van der Waals surface area contributed by atoms with Crippen molar-refractivity contribution in [2.24, 2.45) is 13.0 Å². The Kier molecular flexibility index (Phi) is 6.56. The van der Waals surface area contributed by atoms with Crippen molar-refractivity contribution < 1.29 is 13.2 Å². The van der Waals surface area contributed by atoms with Crippen LogP contribution < -0.4 is 15.4 Å². The fourth-order valence-electron chi connectivity index (χ4n) is 4.65. The molecular formula is C26H35N7O3S. The summed E-state index contributed by atoms with van der Waals surface area (Å²) in [5.74, 6) is 0.0632. The zero-order chi connectivity index (χ0) is 27.3. The highest BCUT2D eigenvalue weighted by Gasteiger charge is 2.42. The average Bonchev–Trinajstić information content (AvgIpc) is 3.34. The van der Waals surface area contributed by atoms with Gasteiger partial charge in [-0.25, -0.2) is 14.7 Å². The van der Waals surface area contributed by atoms with Crippen molar-refractivity contribution in [2.75, 3.05) is 17.2 Å². The van der Waals surface area contributed by atoms with Crippen molar-refractivity contribution in [2.45, 2.75) is 63.9 Å². The number of aryl methyl sites for hydroxylation is 1. The van der Waals surface area contributed by atoms with Crippen LogP contribution in [0, 0.1) is 5.92 Å². The lowest BCUT2D eigenvalue weighted by atomic mass is 9.85. The molecule has 0 bridgehead atoms. The number of carbonyl (C=O) groups excluding carboxylic acids is 1. The second kappa shape index (κ2) is 9.13. The zero-order valence-electron chi connectivity index (χ0n) is 22.4. The summed E-state index contributed by atoms with van der Waals surface area (Å²) in [5.41, 5.74) is 7.50. The Bertz CT molecular complexity index is 1460. The molecule has 11 heteroatoms. The van der Waals surface area contributed by atoms with E-state index in [1.165, 1.54) is 18.2 Å². The Morgan fingerprint density at radius 2 is 1.92 bits per heavy atom. The largest absolute Gasteiger partial charge is 0.384 e. The number of nitrogen functional groups attached to an aromatic ring is 1. The summed E-state index contributed by atoms with van der Waals surface area (Å²) in [7, 11) is -2.46. The number of hydrogen-bond acceptors (Lipinski definition) is 8. The molecule has 1 atom stereocenters. The van der Waals surface area contributed by atoms with Crippen LogP contribution in [0.15, 0.2) is 41.7 Å². The van der Waals surface area contributed by atoms with Crippen molar-refractivity contribution in [1.82, 2.24) is 24.5 Å². The van der Waals surface area contributed by atoms with Gasteiger partial charge in [0.15, 0.2) is 5.03 Å². The number of pyridine rings is 2. The minimum Gasteiger partial charge on any atom is -0.384 e. The fourth-order valence-corrected chi connectivity index (χ4v) is 5.59. The molecule has 37 heavy (non-hydrogen) atoms. The van der Waals surface area contributed by atoms with Gasteiger partial charge >= 0.3 is 0 Å². The molecule has 0 aromatic carbocycles. The van der Waals surface area contributed by atoms with E-state index < -0.39 is 15.9 Å². The average molecular weight is 526 g/mol. The number of carbonyl (C=O) groups is 1. The number of hydrogen-bond donors (Lipinski definition) is 2. The fraction of sp³-hybridized carbons (Fsp3) is 0.462. The third kappa shape index (κ3) is 5.04. The van der Waals surface area contributed by atoms with Gasteiger partial charge in [-0.15, -0.1) is 0 Å². The molecule has 0 aliphatic carbocycles. The van der Waals surface area contributed by atoms with Crippen molar-refractivity contribution in [3.05, 3.63) is 47.9 Å². The van der Waals surface area contributed by atoms with Crippen molar-refractivity contribution in [1.29, 1.82) is 0 Å². The molecule has 1 aliphatic rings. The molecule has 3 aromatic rings. The van der Waals surface area contributed by atoms with E-state index in [9.17, 15) is 13.2 Å². The van der Waals surface area contributed by atoms with Crippen LogP contribution in [-0.4, -0.2) is 46.2 Å². The molecule has 1 saturated heterocycles. The van der Waals surface area contributed by atoms with E-state index in [-0.39, 0.29) is 27.4 Å². The van der Waals surface area contributed by atoms with Crippen molar-refractivity contribution >= 4 is 27.6 Å². The minimum atomic E-state index is -4.28. The predicted molar refractivity (Wildman–Crippen MR) is 144 cm³/mol. The minimum absolute atomic E-state index is 0.0406. The van der Waals surface area contributed by atoms with Crippen LogP contribution in [0.2, 0.25) is 0 Å². The Hall–Kier alpha value is -3.47. The summed E-state index contributed by atoms with van der Waals surface area (Å²) < 4.78 is 30.0. The number of nitrogens with one attached hydrogen (secondary N) is 1. The Morgan fingerprint density at radius 3 is 2.46 bits per heavy atom. The van der Waals surface area contributed by atoms with E-state index in [2.05, 4.69) is 61.2 Å². The third-order valence-corrected chi connectivity index (χ3v) is 8.40. The number of sulfonamides is 1. The van der Waals surface area contributed by atoms with Gasteiger partial charge in [-0.3, -0.25) is 9.48 Å². The molecule has 198 valence electrons. The van der Waals surface area contributed by atoms with Crippen molar-refractivity contribution in [3.8, 4) is 11.1 Å². The first-order valence-corrected chi connectivity index (χ1v) is 13.7. The first-order chi connectivity index (χ1) is 17.1. The number of nitrogens with zero attached hydrogens (tertiary/aromatic N) is 5. The highest BCUT2D eigenvalue weighted by atomic mass is 32.2. The molecular weight excluding hydrogens is 490 g/mol. The molecule has 1 unspecified atom stereocenters. The maximum Gasteiger partial charge on any atom is 0.281 e. The standard InChI is InChI=1S/C26H35N7O3S/c1-16-11-12-33(26(16,5)6)23-19(24(34)31-37(35,36)21-10-8-9-20(27)29-21)13-18(17-14-28-32(7)15-17)22(30-23)25(2,3)4/h8-10,13-16H,11-12H2,1-7H3,(H2,27,29)(H,31,34). The smallest absolute Gasteiger partial charge is 0.281 e. The van der Waals surface area contributed by atoms with E-state index in [1.54, 1.807) is 16.9 Å². The molecule has 0 saturated carbocycles. The van der Waals surface area contributed by atoms with Crippen LogP contribution in [0.4, 0.5) is 11.6 Å². The van der Waals surface area contributed by atoms with Crippen LogP contribution >= 0.6 is 0 Å². The van der Waals surface area contributed by atoms with Gasteiger partial charge in [-0.05, 0) is 44.4 Å². The molecule has 3 aromatic heterocycles. The van der Waals surface area contributed by atoms with Gasteiger partial charge in [0.25, 0.3) is 15.9 Å². The van der Waals surface area contributed by atoms with Crippen LogP contribution in [0.25, 0.3) is 11.1 Å². The molecule has 1 fully saturated rings. The normalized spacial score (nSPS) is 17.7. The summed E-state index contributed by atoms with van der Waals surface area (Å²) in [4.78, 5) is 24.8. The lowest BCUT2D eigenvalue weighted by molar-refractivity contribution is 0.0981. The number of amides is 1. The number of nitrogens with two attached hydrogens (primary N) is 1. The SMILES string of the molecule is CC1CCN(c2nc(C(C)(C)C)c(-c3cnn(C)c3)cc2C(=O)NS(=O)(=O)c2cccc(N)n2)C1(C)C. The maximum absolute atomic E-state index is 13.7. The lowest BCUT2D eigenvalue weighted by Crippen LogP contribution is -2.44. The molecule has 1 aliphatic heterocycles. The number of anilines is 2. The Labute approximate surface area is 218 Å². The lowest BCUT2D eigenvalue weighted by Gasteiger charge is -2.37. The summed E-state index contributed by atoms with van der Waals surface area (Å²) in [6.07, 6.45) is 4.49. The van der Waals surface area contributed by atoms with Gasteiger partial charge in [0.1, 0.15) is 11.6 Å². The monoisotopic (exact) mass is 525 g/mol. The molecule has 0 radical (unpaired) electrons. The quantitative estimate of drug-likeness (QED) is 0.517. The van der Waals surface area contributed by atoms with Gasteiger partial charge in [0.2, 0.25) is 0 Å². The second-order valence-corrected chi connectivity index (χ2v) is 12.9. The molecule has 10 nitrogen and oxygen atoms in total. The van der Waals surface area contributed by atoms with E-state index in [1.807, 2.05) is 13.2 Å². The van der Waals surface area contributed by atoms with E-state index in [4.69, 9.17) is 10.7 Å². The van der Waals surface area contributed by atoms with E-state index in [0.29, 0.717) is 18.3 Å². The van der Waals surface area contributed by atoms with Crippen molar-refractivity contribution in [3.63, 3.8) is 0 Å². The second-order valence-electron chi connectivity index (χ2n) is 11.2. The number of rotatable bonds is 5. The van der Waals surface area contributed by atoms with E-state index >= 15 is 0 Å². The topological polar surface area (TPSA) is 136 Å². The zero-order valence-corrected chi connectivity index (χ0v) is 23.2. The number of aromatic nitrogens is 4. The van der Waals surface area contributed by atoms with Gasteiger partial charge in [-0.2, -0.15) is 13.5 Å². The molecule has 1 amide bonds. The van der Waals surface area contributed by atoms with E-state index in [0.717, 1.165) is 23.2 Å². The van der Waals surface area contributed by atoms with Crippen LogP contribution in [0.5, 0.6) is 0 Å². The summed E-state index contributed by atoms with van der Waals surface area (Å²) >= 11 is 0. The van der Waals surface area contributed by atoms with Crippen LogP contribution in [0.1, 0.15) is 64.0 Å². The molecule has 4 heterocycles. The summed E-state index contributed by atoms with van der Waals surface area (Å²) in [5, 5.41) is 3.96. The molecule has 3 N–H and O–H groups in total. The first-order valence-electron chi connectivity index (χ1n) is 12.2. The Balaban J connectivity index is 1.91. The summed E-state index contributed by atoms with van der Waals surface area (Å²) in [6.45, 7) is 13.3. The van der Waals surface area contributed by atoms with Crippen LogP contribution in [0.3, 0.4) is 0 Å². The Morgan fingerprint density at radius 1 is 1.22 bits per heavy atom. The maximum atomic E-state index is 13.7. The highest BCUT2D eigenvalue weighted by Crippen LogP contribution is 2.42. The first kappa shape index (κ1) is 26.6. The molecule has 0 spiro atoms.